The lowest BCUT2D eigenvalue weighted by atomic mass is 9.93. The Morgan fingerprint density at radius 3 is 2.65 bits per heavy atom. The minimum atomic E-state index is -4.10. The Balaban J connectivity index is 1.65. The van der Waals surface area contributed by atoms with Crippen molar-refractivity contribution in [2.24, 2.45) is 10.9 Å². The van der Waals surface area contributed by atoms with Crippen LogP contribution in [-0.4, -0.2) is 55.2 Å². The molecule has 0 bridgehead atoms. The van der Waals surface area contributed by atoms with E-state index in [-0.39, 0.29) is 0 Å². The van der Waals surface area contributed by atoms with E-state index in [1.54, 1.807) is 13.2 Å². The molecule has 2 heterocycles. The lowest BCUT2D eigenvalue weighted by Gasteiger charge is -2.32. The second-order valence-electron chi connectivity index (χ2n) is 6.74. The van der Waals surface area contributed by atoms with Crippen LogP contribution in [0.1, 0.15) is 30.5 Å². The molecular formula is C18H28F3N5. The molecule has 8 heteroatoms. The van der Waals surface area contributed by atoms with Crippen molar-refractivity contribution in [1.29, 1.82) is 0 Å². The zero-order valence-corrected chi connectivity index (χ0v) is 15.4. The second kappa shape index (κ2) is 9.75. The number of hydrogen-bond acceptors (Lipinski definition) is 3. The van der Waals surface area contributed by atoms with E-state index in [1.165, 1.54) is 4.90 Å². The van der Waals surface area contributed by atoms with Crippen molar-refractivity contribution in [3.05, 3.63) is 29.6 Å². The van der Waals surface area contributed by atoms with Gasteiger partial charge in [-0.1, -0.05) is 6.07 Å². The molecule has 0 spiro atoms. The molecule has 0 saturated carbocycles. The molecule has 0 unspecified atom stereocenters. The SMILES string of the molecule is CN=C(NCCC1CCN(CC(F)(F)F)CC1)NCc1ncccc1C. The first kappa shape index (κ1) is 20.5. The molecule has 2 N–H and O–H groups in total. The molecule has 0 radical (unpaired) electrons. The molecule has 1 aromatic rings. The van der Waals surface area contributed by atoms with Crippen LogP contribution in [0.5, 0.6) is 0 Å². The monoisotopic (exact) mass is 371 g/mol. The van der Waals surface area contributed by atoms with Gasteiger partial charge in [0.25, 0.3) is 0 Å². The summed E-state index contributed by atoms with van der Waals surface area (Å²) in [7, 11) is 1.72. The largest absolute Gasteiger partial charge is 0.401 e. The summed E-state index contributed by atoms with van der Waals surface area (Å²) in [6.07, 6.45) is 0.237. The molecule has 1 saturated heterocycles. The zero-order valence-electron chi connectivity index (χ0n) is 15.4. The number of aromatic nitrogens is 1. The van der Waals surface area contributed by atoms with E-state index in [0.29, 0.717) is 31.5 Å². The fraction of sp³-hybridized carbons (Fsp3) is 0.667. The molecule has 2 rings (SSSR count). The van der Waals surface area contributed by atoms with Crippen LogP contribution in [0.4, 0.5) is 13.2 Å². The summed E-state index contributed by atoms with van der Waals surface area (Å²) in [6.45, 7) is 3.63. The Bertz CT molecular complexity index is 580. The third-order valence-electron chi connectivity index (χ3n) is 4.72. The molecule has 146 valence electrons. The number of halogens is 3. The van der Waals surface area contributed by atoms with Gasteiger partial charge in [-0.3, -0.25) is 14.9 Å². The summed E-state index contributed by atoms with van der Waals surface area (Å²) in [5.74, 6) is 1.17. The lowest BCUT2D eigenvalue weighted by molar-refractivity contribution is -0.148. The number of hydrogen-bond donors (Lipinski definition) is 2. The summed E-state index contributed by atoms with van der Waals surface area (Å²) in [5, 5.41) is 6.51. The molecule has 1 aliphatic rings. The van der Waals surface area contributed by atoms with Gasteiger partial charge in [0.15, 0.2) is 5.96 Å². The van der Waals surface area contributed by atoms with Gasteiger partial charge in [0.1, 0.15) is 0 Å². The highest BCUT2D eigenvalue weighted by Gasteiger charge is 2.32. The first-order valence-electron chi connectivity index (χ1n) is 9.01. The number of rotatable bonds is 6. The van der Waals surface area contributed by atoms with Crippen LogP contribution in [0.3, 0.4) is 0 Å². The van der Waals surface area contributed by atoms with Gasteiger partial charge < -0.3 is 10.6 Å². The highest BCUT2D eigenvalue weighted by molar-refractivity contribution is 5.79. The first-order chi connectivity index (χ1) is 12.4. The average Bonchev–Trinajstić information content (AvgIpc) is 2.59. The third kappa shape index (κ3) is 7.19. The molecule has 5 nitrogen and oxygen atoms in total. The van der Waals surface area contributed by atoms with Gasteiger partial charge in [-0.25, -0.2) is 0 Å². The Morgan fingerprint density at radius 1 is 1.31 bits per heavy atom. The van der Waals surface area contributed by atoms with Crippen molar-refractivity contribution < 1.29 is 13.2 Å². The van der Waals surface area contributed by atoms with Gasteiger partial charge in [0.2, 0.25) is 0 Å². The predicted octanol–water partition coefficient (Wildman–Crippen LogP) is 2.72. The maximum atomic E-state index is 12.4. The number of nitrogens with one attached hydrogen (secondary N) is 2. The minimum absolute atomic E-state index is 0.461. The van der Waals surface area contributed by atoms with E-state index >= 15 is 0 Å². The van der Waals surface area contributed by atoms with E-state index in [4.69, 9.17) is 0 Å². The third-order valence-corrected chi connectivity index (χ3v) is 4.72. The Hall–Kier alpha value is -1.83. The maximum absolute atomic E-state index is 12.4. The Kier molecular flexibility index (Phi) is 7.68. The van der Waals surface area contributed by atoms with Gasteiger partial charge in [-0.2, -0.15) is 13.2 Å². The minimum Gasteiger partial charge on any atom is -0.356 e. The Morgan fingerprint density at radius 2 is 2.04 bits per heavy atom. The molecule has 1 aliphatic heterocycles. The van der Waals surface area contributed by atoms with Crippen LogP contribution in [0.15, 0.2) is 23.3 Å². The molecule has 0 aliphatic carbocycles. The van der Waals surface area contributed by atoms with Crippen molar-refractivity contribution in [2.45, 2.75) is 38.9 Å². The summed E-state index contributed by atoms with van der Waals surface area (Å²) in [5.41, 5.74) is 2.11. The number of aliphatic imine (C=N–C) groups is 1. The number of pyridine rings is 1. The van der Waals surface area contributed by atoms with Gasteiger partial charge in [0, 0.05) is 19.8 Å². The van der Waals surface area contributed by atoms with E-state index in [0.717, 1.165) is 37.1 Å². The lowest BCUT2D eigenvalue weighted by Crippen LogP contribution is -2.41. The molecule has 0 aromatic carbocycles. The number of likely N-dealkylation sites (tertiary alicyclic amines) is 1. The summed E-state index contributed by atoms with van der Waals surface area (Å²) < 4.78 is 37.2. The summed E-state index contributed by atoms with van der Waals surface area (Å²) in [6, 6.07) is 3.93. The summed E-state index contributed by atoms with van der Waals surface area (Å²) >= 11 is 0. The highest BCUT2D eigenvalue weighted by Crippen LogP contribution is 2.23. The smallest absolute Gasteiger partial charge is 0.356 e. The number of guanidine groups is 1. The fourth-order valence-electron chi connectivity index (χ4n) is 3.17. The van der Waals surface area contributed by atoms with Crippen LogP contribution in [0.25, 0.3) is 0 Å². The van der Waals surface area contributed by atoms with Gasteiger partial charge in [0.05, 0.1) is 18.8 Å². The van der Waals surface area contributed by atoms with Gasteiger partial charge >= 0.3 is 6.18 Å². The molecule has 0 amide bonds. The van der Waals surface area contributed by atoms with Gasteiger partial charge in [-0.15, -0.1) is 0 Å². The van der Waals surface area contributed by atoms with Crippen LogP contribution in [-0.2, 0) is 6.54 Å². The topological polar surface area (TPSA) is 52.6 Å². The zero-order chi connectivity index (χ0) is 19.0. The Labute approximate surface area is 153 Å². The first-order valence-corrected chi connectivity index (χ1v) is 9.01. The number of piperidine rings is 1. The van der Waals surface area contributed by atoms with E-state index in [9.17, 15) is 13.2 Å². The normalized spacial score (nSPS) is 17.3. The predicted molar refractivity (Wildman–Crippen MR) is 97.0 cm³/mol. The van der Waals surface area contributed by atoms with E-state index in [1.807, 2.05) is 19.1 Å². The van der Waals surface area contributed by atoms with Crippen LogP contribution in [0.2, 0.25) is 0 Å². The molecule has 26 heavy (non-hydrogen) atoms. The van der Waals surface area contributed by atoms with Crippen LogP contribution < -0.4 is 10.6 Å². The van der Waals surface area contributed by atoms with E-state index < -0.39 is 12.7 Å². The fourth-order valence-corrected chi connectivity index (χ4v) is 3.17. The molecule has 1 fully saturated rings. The van der Waals surface area contributed by atoms with Crippen LogP contribution >= 0.6 is 0 Å². The molecular weight excluding hydrogens is 343 g/mol. The second-order valence-corrected chi connectivity index (χ2v) is 6.74. The van der Waals surface area contributed by atoms with Crippen LogP contribution in [0, 0.1) is 12.8 Å². The van der Waals surface area contributed by atoms with Crippen molar-refractivity contribution in [3.8, 4) is 0 Å². The van der Waals surface area contributed by atoms with Crippen molar-refractivity contribution in [2.75, 3.05) is 33.2 Å². The van der Waals surface area contributed by atoms with Gasteiger partial charge in [-0.05, 0) is 56.8 Å². The maximum Gasteiger partial charge on any atom is 0.401 e. The van der Waals surface area contributed by atoms with Crippen molar-refractivity contribution in [1.82, 2.24) is 20.5 Å². The quantitative estimate of drug-likeness (QED) is 0.596. The number of nitrogens with zero attached hydrogens (tertiary/aromatic N) is 3. The standard InChI is InChI=1S/C18H28F3N5/c1-14-4-3-8-23-16(14)12-25-17(22-2)24-9-5-15-6-10-26(11-7-15)13-18(19,20)21/h3-4,8,15H,5-7,9-13H2,1-2H3,(H2,22,24,25). The average molecular weight is 371 g/mol. The number of alkyl halides is 3. The van der Waals surface area contributed by atoms with Crippen molar-refractivity contribution >= 4 is 5.96 Å². The number of aryl methyl sites for hydroxylation is 1. The van der Waals surface area contributed by atoms with Crippen molar-refractivity contribution in [3.63, 3.8) is 0 Å². The molecule has 1 aromatic heterocycles. The van der Waals surface area contributed by atoms with E-state index in [2.05, 4.69) is 20.6 Å². The highest BCUT2D eigenvalue weighted by atomic mass is 19.4. The molecule has 0 atom stereocenters. The summed E-state index contributed by atoms with van der Waals surface area (Å²) in [4.78, 5) is 10.0.